The number of rotatable bonds is 11. The maximum atomic E-state index is 10.0. The first kappa shape index (κ1) is 16.8. The van der Waals surface area contributed by atoms with Crippen LogP contribution in [-0.4, -0.2) is 55.6 Å². The Labute approximate surface area is 104 Å². The molecule has 2 unspecified atom stereocenters. The lowest BCUT2D eigenvalue weighted by Gasteiger charge is -2.28. The van der Waals surface area contributed by atoms with Gasteiger partial charge in [0.05, 0.1) is 19.3 Å². The fourth-order valence-electron chi connectivity index (χ4n) is 1.49. The Hall–Kier alpha value is -0.200. The average Bonchev–Trinajstić information content (AvgIpc) is 2.22. The predicted molar refractivity (Wildman–Crippen MR) is 64.8 cm³/mol. The molecule has 0 aliphatic carbocycles. The van der Waals surface area contributed by atoms with Gasteiger partial charge in [0.2, 0.25) is 0 Å². The van der Waals surface area contributed by atoms with Gasteiger partial charge in [0.15, 0.2) is 5.79 Å². The van der Waals surface area contributed by atoms with Gasteiger partial charge in [-0.15, -0.1) is 0 Å². The van der Waals surface area contributed by atoms with Gasteiger partial charge in [-0.1, -0.05) is 13.3 Å². The molecule has 0 aromatic rings. The molecule has 0 saturated heterocycles. The van der Waals surface area contributed by atoms with Crippen molar-refractivity contribution in [2.75, 3.05) is 33.5 Å². The van der Waals surface area contributed by atoms with E-state index >= 15 is 0 Å². The number of ether oxygens (including phenoxy) is 3. The fraction of sp³-hybridized carbons (Fsp3) is 1.00. The first-order valence-corrected chi connectivity index (χ1v) is 6.15. The Morgan fingerprint density at radius 1 is 1.24 bits per heavy atom. The highest BCUT2D eigenvalue weighted by Crippen LogP contribution is 2.15. The lowest BCUT2D eigenvalue weighted by atomic mass is 10.1. The van der Waals surface area contributed by atoms with Gasteiger partial charge in [-0.3, -0.25) is 0 Å². The van der Waals surface area contributed by atoms with E-state index in [0.29, 0.717) is 13.2 Å². The molecule has 2 N–H and O–H groups in total. The summed E-state index contributed by atoms with van der Waals surface area (Å²) in [5.41, 5.74) is 0. The minimum Gasteiger partial charge on any atom is -0.393 e. The number of hydrogen-bond acceptors (Lipinski definition) is 5. The lowest BCUT2D eigenvalue weighted by molar-refractivity contribution is -0.245. The zero-order valence-corrected chi connectivity index (χ0v) is 11.1. The Kier molecular flexibility index (Phi) is 9.68. The minimum atomic E-state index is -1.43. The molecule has 0 aromatic heterocycles. The second kappa shape index (κ2) is 9.79. The summed E-state index contributed by atoms with van der Waals surface area (Å²) in [6.45, 7) is 5.16. The van der Waals surface area contributed by atoms with Crippen LogP contribution in [0.15, 0.2) is 0 Å². The molecule has 0 aromatic carbocycles. The fourth-order valence-corrected chi connectivity index (χ4v) is 1.49. The zero-order valence-electron chi connectivity index (χ0n) is 11.1. The standard InChI is InChI=1S/C12H26O5/c1-4-5-6-16-7-8-17-12(14,10-15-3)9-11(2)13/h11,13-14H,4-10H2,1-3H3. The largest absolute Gasteiger partial charge is 0.393 e. The van der Waals surface area contributed by atoms with Crippen LogP contribution in [0.4, 0.5) is 0 Å². The summed E-state index contributed by atoms with van der Waals surface area (Å²) in [6.07, 6.45) is 1.60. The SMILES string of the molecule is CCCCOCCOC(O)(COC)CC(C)O. The van der Waals surface area contributed by atoms with Gasteiger partial charge >= 0.3 is 0 Å². The highest BCUT2D eigenvalue weighted by atomic mass is 16.7. The van der Waals surface area contributed by atoms with Crippen LogP contribution in [-0.2, 0) is 14.2 Å². The molecule has 17 heavy (non-hydrogen) atoms. The summed E-state index contributed by atoms with van der Waals surface area (Å²) in [4.78, 5) is 0. The van der Waals surface area contributed by atoms with Gasteiger partial charge in [-0.2, -0.15) is 0 Å². The first-order valence-electron chi connectivity index (χ1n) is 6.15. The number of aliphatic hydroxyl groups excluding tert-OH is 1. The normalized spacial score (nSPS) is 16.8. The molecule has 5 heteroatoms. The Balaban J connectivity index is 3.76. The molecular weight excluding hydrogens is 224 g/mol. The van der Waals surface area contributed by atoms with Gasteiger partial charge in [-0.25, -0.2) is 0 Å². The maximum Gasteiger partial charge on any atom is 0.191 e. The van der Waals surface area contributed by atoms with Crippen molar-refractivity contribution >= 4 is 0 Å². The van der Waals surface area contributed by atoms with E-state index in [9.17, 15) is 10.2 Å². The van der Waals surface area contributed by atoms with E-state index < -0.39 is 11.9 Å². The van der Waals surface area contributed by atoms with Crippen LogP contribution in [0.5, 0.6) is 0 Å². The molecule has 0 aliphatic heterocycles. The molecule has 2 atom stereocenters. The monoisotopic (exact) mass is 250 g/mol. The molecule has 0 rings (SSSR count). The van der Waals surface area contributed by atoms with Crippen LogP contribution in [0.1, 0.15) is 33.1 Å². The van der Waals surface area contributed by atoms with Crippen molar-refractivity contribution < 1.29 is 24.4 Å². The van der Waals surface area contributed by atoms with Crippen molar-refractivity contribution in [1.29, 1.82) is 0 Å². The molecule has 0 fully saturated rings. The van der Waals surface area contributed by atoms with Gasteiger partial charge < -0.3 is 24.4 Å². The van der Waals surface area contributed by atoms with E-state index in [2.05, 4.69) is 6.92 Å². The second-order valence-corrected chi connectivity index (χ2v) is 4.25. The quantitative estimate of drug-likeness (QED) is 0.422. The third kappa shape index (κ3) is 9.50. The summed E-state index contributed by atoms with van der Waals surface area (Å²) in [5, 5.41) is 19.3. The molecule has 0 aliphatic rings. The zero-order chi connectivity index (χ0) is 13.1. The summed E-state index contributed by atoms with van der Waals surface area (Å²) in [5.74, 6) is -1.43. The van der Waals surface area contributed by atoms with Crippen LogP contribution >= 0.6 is 0 Å². The van der Waals surface area contributed by atoms with Crippen molar-refractivity contribution in [1.82, 2.24) is 0 Å². The Morgan fingerprint density at radius 3 is 2.47 bits per heavy atom. The Bertz CT molecular complexity index is 174. The van der Waals surface area contributed by atoms with Crippen LogP contribution in [0, 0.1) is 0 Å². The topological polar surface area (TPSA) is 68.2 Å². The van der Waals surface area contributed by atoms with Gasteiger partial charge in [0.25, 0.3) is 0 Å². The average molecular weight is 250 g/mol. The molecular formula is C12H26O5. The van der Waals surface area contributed by atoms with Crippen LogP contribution in [0.25, 0.3) is 0 Å². The number of aliphatic hydroxyl groups is 2. The van der Waals surface area contributed by atoms with E-state index in [0.717, 1.165) is 12.8 Å². The van der Waals surface area contributed by atoms with Crippen molar-refractivity contribution in [2.45, 2.75) is 45.0 Å². The van der Waals surface area contributed by atoms with Crippen molar-refractivity contribution in [3.05, 3.63) is 0 Å². The summed E-state index contributed by atoms with van der Waals surface area (Å²) >= 11 is 0. The first-order chi connectivity index (χ1) is 8.04. The molecule has 0 bridgehead atoms. The lowest BCUT2D eigenvalue weighted by Crippen LogP contribution is -2.41. The summed E-state index contributed by atoms with van der Waals surface area (Å²) < 4.78 is 15.5. The van der Waals surface area contributed by atoms with Crippen molar-refractivity contribution in [2.24, 2.45) is 0 Å². The van der Waals surface area contributed by atoms with Crippen LogP contribution in [0.3, 0.4) is 0 Å². The number of unbranched alkanes of at least 4 members (excludes halogenated alkanes) is 1. The van der Waals surface area contributed by atoms with Crippen molar-refractivity contribution in [3.8, 4) is 0 Å². The third-order valence-electron chi connectivity index (χ3n) is 2.22. The smallest absolute Gasteiger partial charge is 0.191 e. The maximum absolute atomic E-state index is 10.0. The molecule has 5 nitrogen and oxygen atoms in total. The second-order valence-electron chi connectivity index (χ2n) is 4.25. The van der Waals surface area contributed by atoms with Crippen LogP contribution < -0.4 is 0 Å². The number of methoxy groups -OCH3 is 1. The van der Waals surface area contributed by atoms with Gasteiger partial charge in [-0.05, 0) is 13.3 Å². The molecule has 0 amide bonds. The molecule has 0 saturated carbocycles. The molecule has 0 radical (unpaired) electrons. The molecule has 0 heterocycles. The van der Waals surface area contributed by atoms with E-state index in [1.807, 2.05) is 0 Å². The van der Waals surface area contributed by atoms with Gasteiger partial charge in [0, 0.05) is 20.1 Å². The van der Waals surface area contributed by atoms with E-state index in [-0.39, 0.29) is 19.6 Å². The Morgan fingerprint density at radius 2 is 1.94 bits per heavy atom. The van der Waals surface area contributed by atoms with E-state index in [4.69, 9.17) is 14.2 Å². The molecule has 0 spiro atoms. The number of hydrogen-bond donors (Lipinski definition) is 2. The summed E-state index contributed by atoms with van der Waals surface area (Å²) in [6, 6.07) is 0. The minimum absolute atomic E-state index is 0.0346. The predicted octanol–water partition coefficient (Wildman–Crippen LogP) is 0.926. The summed E-state index contributed by atoms with van der Waals surface area (Å²) in [7, 11) is 1.48. The van der Waals surface area contributed by atoms with Crippen molar-refractivity contribution in [3.63, 3.8) is 0 Å². The third-order valence-corrected chi connectivity index (χ3v) is 2.22. The van der Waals surface area contributed by atoms with E-state index in [1.165, 1.54) is 7.11 Å². The molecule has 104 valence electrons. The highest BCUT2D eigenvalue weighted by molar-refractivity contribution is 4.69. The van der Waals surface area contributed by atoms with E-state index in [1.54, 1.807) is 6.92 Å². The van der Waals surface area contributed by atoms with Crippen LogP contribution in [0.2, 0.25) is 0 Å². The highest BCUT2D eigenvalue weighted by Gasteiger charge is 2.29. The van der Waals surface area contributed by atoms with Gasteiger partial charge in [0.1, 0.15) is 6.61 Å².